The molecule has 1 aliphatic heterocycles. The zero-order valence-electron chi connectivity index (χ0n) is 12.5. The average molecular weight is 291 g/mol. The highest BCUT2D eigenvalue weighted by molar-refractivity contribution is 5.43. The summed E-state index contributed by atoms with van der Waals surface area (Å²) < 4.78 is 11.3. The maximum Gasteiger partial charge on any atom is 0.161 e. The number of aliphatic hydroxyl groups excluding tert-OH is 1. The Morgan fingerprint density at radius 1 is 1.05 bits per heavy atom. The monoisotopic (exact) mass is 291 g/mol. The van der Waals surface area contributed by atoms with E-state index in [9.17, 15) is 5.11 Å². The number of hydrogen-bond acceptors (Lipinski definition) is 4. The van der Waals surface area contributed by atoms with Crippen molar-refractivity contribution < 1.29 is 14.6 Å². The van der Waals surface area contributed by atoms with Crippen LogP contribution >= 0.6 is 0 Å². The highest BCUT2D eigenvalue weighted by atomic mass is 16.5. The van der Waals surface area contributed by atoms with Crippen LogP contribution in [0.5, 0.6) is 11.5 Å². The van der Waals surface area contributed by atoms with Crippen molar-refractivity contribution in [2.45, 2.75) is 44.8 Å². The van der Waals surface area contributed by atoms with E-state index in [0.29, 0.717) is 5.92 Å². The minimum absolute atomic E-state index is 0.130. The van der Waals surface area contributed by atoms with Crippen LogP contribution in [-0.4, -0.2) is 31.0 Å². The molecule has 116 valence electrons. The molecule has 3 rings (SSSR count). The van der Waals surface area contributed by atoms with E-state index in [1.807, 2.05) is 6.07 Å². The van der Waals surface area contributed by atoms with E-state index in [2.05, 4.69) is 17.4 Å². The van der Waals surface area contributed by atoms with Crippen molar-refractivity contribution in [3.05, 3.63) is 23.8 Å². The minimum atomic E-state index is -0.130. The van der Waals surface area contributed by atoms with Gasteiger partial charge in [-0.15, -0.1) is 0 Å². The van der Waals surface area contributed by atoms with E-state index >= 15 is 0 Å². The van der Waals surface area contributed by atoms with Crippen molar-refractivity contribution >= 4 is 0 Å². The van der Waals surface area contributed by atoms with Crippen LogP contribution in [0, 0.1) is 5.92 Å². The van der Waals surface area contributed by atoms with Gasteiger partial charge in [0.05, 0.1) is 19.3 Å². The van der Waals surface area contributed by atoms with Gasteiger partial charge in [0.15, 0.2) is 11.5 Å². The Balaban J connectivity index is 1.52. The van der Waals surface area contributed by atoms with Crippen LogP contribution in [0.3, 0.4) is 0 Å². The first-order valence-corrected chi connectivity index (χ1v) is 8.10. The topological polar surface area (TPSA) is 50.7 Å². The smallest absolute Gasteiger partial charge is 0.161 e. The molecule has 0 bridgehead atoms. The van der Waals surface area contributed by atoms with Gasteiger partial charge in [-0.2, -0.15) is 0 Å². The molecular formula is C17H25NO3. The quantitative estimate of drug-likeness (QED) is 0.895. The number of ether oxygens (including phenoxy) is 2. The Labute approximate surface area is 126 Å². The van der Waals surface area contributed by atoms with Gasteiger partial charge in [0.2, 0.25) is 0 Å². The van der Waals surface area contributed by atoms with Gasteiger partial charge in [-0.1, -0.05) is 18.9 Å². The third kappa shape index (κ3) is 3.89. The molecule has 0 radical (unpaired) electrons. The highest BCUT2D eigenvalue weighted by Crippen LogP contribution is 2.30. The van der Waals surface area contributed by atoms with Gasteiger partial charge in [0.25, 0.3) is 0 Å². The van der Waals surface area contributed by atoms with Gasteiger partial charge in [-0.05, 0) is 36.5 Å². The first-order chi connectivity index (χ1) is 10.3. The van der Waals surface area contributed by atoms with Crippen LogP contribution in [0.4, 0.5) is 0 Å². The number of nitrogens with one attached hydrogen (secondary N) is 1. The van der Waals surface area contributed by atoms with Crippen LogP contribution in [0.25, 0.3) is 0 Å². The first kappa shape index (κ1) is 14.7. The second kappa shape index (κ2) is 7.14. The fraction of sp³-hybridized carbons (Fsp3) is 0.647. The molecular weight excluding hydrogens is 266 g/mol. The van der Waals surface area contributed by atoms with Crippen LogP contribution in [0.2, 0.25) is 0 Å². The molecule has 0 spiro atoms. The predicted molar refractivity (Wildman–Crippen MR) is 81.7 cm³/mol. The summed E-state index contributed by atoms with van der Waals surface area (Å²) in [4.78, 5) is 0. The Bertz CT molecular complexity index is 463. The summed E-state index contributed by atoms with van der Waals surface area (Å²) in [5.74, 6) is 2.10. The van der Waals surface area contributed by atoms with Gasteiger partial charge in [-0.25, -0.2) is 0 Å². The maximum atomic E-state index is 9.98. The van der Waals surface area contributed by atoms with Gasteiger partial charge in [0, 0.05) is 19.5 Å². The molecule has 2 N–H and O–H groups in total. The summed E-state index contributed by atoms with van der Waals surface area (Å²) in [5.41, 5.74) is 1.20. The lowest BCUT2D eigenvalue weighted by Crippen LogP contribution is -2.33. The van der Waals surface area contributed by atoms with Crippen molar-refractivity contribution in [3.63, 3.8) is 0 Å². The van der Waals surface area contributed by atoms with Crippen molar-refractivity contribution in [2.75, 3.05) is 19.8 Å². The Kier molecular flexibility index (Phi) is 4.99. The average Bonchev–Trinajstić information content (AvgIpc) is 2.74. The summed E-state index contributed by atoms with van der Waals surface area (Å²) in [7, 11) is 0. The van der Waals surface area contributed by atoms with E-state index in [0.717, 1.165) is 57.1 Å². The normalized spacial score (nSPS) is 25.4. The third-order valence-corrected chi connectivity index (χ3v) is 4.42. The Morgan fingerprint density at radius 3 is 2.71 bits per heavy atom. The second-order valence-corrected chi connectivity index (χ2v) is 6.07. The van der Waals surface area contributed by atoms with Crippen LogP contribution in [0.15, 0.2) is 18.2 Å². The van der Waals surface area contributed by atoms with Crippen LogP contribution in [0.1, 0.15) is 37.7 Å². The number of benzene rings is 1. The molecule has 0 amide bonds. The molecule has 4 heteroatoms. The maximum absolute atomic E-state index is 9.98. The zero-order chi connectivity index (χ0) is 14.5. The number of rotatable bonds is 4. The molecule has 0 saturated heterocycles. The van der Waals surface area contributed by atoms with Gasteiger partial charge in [-0.3, -0.25) is 0 Å². The molecule has 4 nitrogen and oxygen atoms in total. The molecule has 1 fully saturated rings. The van der Waals surface area contributed by atoms with Crippen LogP contribution in [-0.2, 0) is 6.54 Å². The lowest BCUT2D eigenvalue weighted by atomic mass is 9.86. The molecule has 1 aliphatic carbocycles. The lowest BCUT2D eigenvalue weighted by molar-refractivity contribution is 0.0695. The minimum Gasteiger partial charge on any atom is -0.490 e. The largest absolute Gasteiger partial charge is 0.490 e. The SMILES string of the molecule is OC1CCCCC1CNCc1ccc2c(c1)OCCCO2. The Hall–Kier alpha value is -1.26. The molecule has 21 heavy (non-hydrogen) atoms. The number of hydrogen-bond donors (Lipinski definition) is 2. The predicted octanol–water partition coefficient (Wildman–Crippen LogP) is 2.49. The molecule has 1 aromatic rings. The van der Waals surface area contributed by atoms with Gasteiger partial charge >= 0.3 is 0 Å². The number of aliphatic hydroxyl groups is 1. The summed E-state index contributed by atoms with van der Waals surface area (Å²) in [6.07, 6.45) is 5.30. The molecule has 2 aliphatic rings. The van der Waals surface area contributed by atoms with E-state index in [4.69, 9.17) is 9.47 Å². The summed E-state index contributed by atoms with van der Waals surface area (Å²) in [6.45, 7) is 3.14. The fourth-order valence-corrected chi connectivity index (χ4v) is 3.15. The van der Waals surface area contributed by atoms with Crippen molar-refractivity contribution in [2.24, 2.45) is 5.92 Å². The van der Waals surface area contributed by atoms with E-state index in [-0.39, 0.29) is 6.10 Å². The lowest BCUT2D eigenvalue weighted by Gasteiger charge is -2.27. The van der Waals surface area contributed by atoms with Crippen molar-refractivity contribution in [1.82, 2.24) is 5.32 Å². The summed E-state index contributed by atoms with van der Waals surface area (Å²) in [6, 6.07) is 6.13. The van der Waals surface area contributed by atoms with E-state index in [1.54, 1.807) is 0 Å². The Morgan fingerprint density at radius 2 is 1.86 bits per heavy atom. The molecule has 1 aromatic carbocycles. The van der Waals surface area contributed by atoms with Crippen LogP contribution < -0.4 is 14.8 Å². The van der Waals surface area contributed by atoms with Crippen molar-refractivity contribution in [3.8, 4) is 11.5 Å². The summed E-state index contributed by atoms with van der Waals surface area (Å²) in [5, 5.41) is 13.4. The van der Waals surface area contributed by atoms with E-state index in [1.165, 1.54) is 18.4 Å². The van der Waals surface area contributed by atoms with Crippen molar-refractivity contribution in [1.29, 1.82) is 0 Å². The molecule has 1 saturated carbocycles. The first-order valence-electron chi connectivity index (χ1n) is 8.10. The third-order valence-electron chi connectivity index (χ3n) is 4.42. The standard InChI is InChI=1S/C17H25NO3/c19-15-5-2-1-4-14(15)12-18-11-13-6-7-16-17(10-13)21-9-3-8-20-16/h6-7,10,14-15,18-19H,1-5,8-9,11-12H2. The second-order valence-electron chi connectivity index (χ2n) is 6.07. The fourth-order valence-electron chi connectivity index (χ4n) is 3.15. The molecule has 2 unspecified atom stereocenters. The molecule has 1 heterocycles. The molecule has 2 atom stereocenters. The zero-order valence-corrected chi connectivity index (χ0v) is 12.5. The molecule has 0 aromatic heterocycles. The highest BCUT2D eigenvalue weighted by Gasteiger charge is 2.22. The number of fused-ring (bicyclic) bond motifs is 1. The van der Waals surface area contributed by atoms with Gasteiger partial charge < -0.3 is 19.9 Å². The van der Waals surface area contributed by atoms with Gasteiger partial charge in [0.1, 0.15) is 0 Å². The van der Waals surface area contributed by atoms with E-state index < -0.39 is 0 Å². The summed E-state index contributed by atoms with van der Waals surface area (Å²) >= 11 is 0.